The molecule has 0 unspecified atom stereocenters. The average Bonchev–Trinajstić information content (AvgIpc) is 3.00. The lowest BCUT2D eigenvalue weighted by Gasteiger charge is -2.63. The number of amides is 1. The zero-order chi connectivity index (χ0) is 36.0. The van der Waals surface area contributed by atoms with E-state index in [1.165, 1.54) is 11.1 Å². The number of anilines is 2. The topological polar surface area (TPSA) is 95.9 Å². The Balaban J connectivity index is 1.49. The Morgan fingerprint density at radius 2 is 1.67 bits per heavy atom. The summed E-state index contributed by atoms with van der Waals surface area (Å²) in [7, 11) is 6.39. The van der Waals surface area contributed by atoms with Crippen molar-refractivity contribution in [2.75, 3.05) is 58.0 Å². The fourth-order valence-corrected chi connectivity index (χ4v) is 10.9. The predicted molar refractivity (Wildman–Crippen MR) is 203 cm³/mol. The van der Waals surface area contributed by atoms with Gasteiger partial charge in [-0.25, -0.2) is 0 Å². The number of nitrogens with two attached hydrogens (primary N) is 2. The van der Waals surface area contributed by atoms with Crippen LogP contribution in [0.15, 0.2) is 59.2 Å². The van der Waals surface area contributed by atoms with Crippen molar-refractivity contribution < 1.29 is 9.59 Å². The highest BCUT2D eigenvalue weighted by Crippen LogP contribution is 2.70. The molecule has 6 rings (SSSR count). The number of hydrogen-bond acceptors (Lipinski definition) is 6. The summed E-state index contributed by atoms with van der Waals surface area (Å²) in [5.74, 6) is -0.558. The molecule has 2 aromatic carbocycles. The Labute approximate surface area is 294 Å². The molecule has 3 aliphatic carbocycles. The van der Waals surface area contributed by atoms with E-state index in [-0.39, 0.29) is 28.6 Å². The smallest absolute Gasteiger partial charge is 0.252 e. The molecule has 1 fully saturated rings. The van der Waals surface area contributed by atoms with E-state index in [0.29, 0.717) is 0 Å². The number of nitrogen functional groups attached to an aromatic ring is 1. The summed E-state index contributed by atoms with van der Waals surface area (Å²) >= 11 is 0. The summed E-state index contributed by atoms with van der Waals surface area (Å²) in [6.07, 6.45) is 1.56. The van der Waals surface area contributed by atoms with Crippen LogP contribution in [0.5, 0.6) is 0 Å². The fourth-order valence-electron chi connectivity index (χ4n) is 10.9. The summed E-state index contributed by atoms with van der Waals surface area (Å²) in [5.41, 5.74) is 22.9. The van der Waals surface area contributed by atoms with Crippen LogP contribution in [0.4, 0.5) is 11.4 Å². The van der Waals surface area contributed by atoms with Crippen LogP contribution in [-0.2, 0) is 22.6 Å². The largest absolute Gasteiger partial charge is 0.398 e. The third-order valence-corrected chi connectivity index (χ3v) is 13.1. The molecule has 4 atom stereocenters. The molecule has 0 aromatic heterocycles. The summed E-state index contributed by atoms with van der Waals surface area (Å²) in [4.78, 5) is 34.6. The maximum atomic E-state index is 14.6. The lowest BCUT2D eigenvalue weighted by Crippen LogP contribution is -2.61. The first-order valence-electron chi connectivity index (χ1n) is 18.0. The van der Waals surface area contributed by atoms with Crippen LogP contribution in [0.2, 0.25) is 0 Å². The molecule has 0 spiro atoms. The molecule has 262 valence electrons. The first-order valence-corrected chi connectivity index (χ1v) is 18.0. The lowest BCUT2D eigenvalue weighted by atomic mass is 9.39. The van der Waals surface area contributed by atoms with Gasteiger partial charge in [-0.05, 0) is 97.2 Å². The Bertz CT molecular complexity index is 1810. The SMILES string of the molecule is C=C1C2=C(C)[C@]3(C)C(=O)C(C(N)=O)=C(C)[C@@H](C(C)C)[C@]3(C)C[C@]2(C)Cc2c(N(C)C)cc(-c3ccc(CN4CCN(C)CC4)cc3)c(N)c21. The molecule has 0 bridgehead atoms. The van der Waals surface area contributed by atoms with E-state index in [9.17, 15) is 9.59 Å². The first kappa shape index (κ1) is 35.2. The molecule has 4 aliphatic rings. The number of benzene rings is 2. The number of fused-ring (bicyclic) bond motifs is 3. The molecule has 1 heterocycles. The average molecular weight is 664 g/mol. The highest BCUT2D eigenvalue weighted by Gasteiger charge is 2.66. The van der Waals surface area contributed by atoms with Crippen LogP contribution in [0.25, 0.3) is 16.7 Å². The molecule has 2 aromatic rings. The molecule has 0 saturated carbocycles. The molecule has 7 heteroatoms. The molecule has 1 saturated heterocycles. The summed E-state index contributed by atoms with van der Waals surface area (Å²) in [6.45, 7) is 25.2. The zero-order valence-electron chi connectivity index (χ0n) is 31.5. The number of piperazine rings is 1. The molecular formula is C42H57N5O2. The second-order valence-corrected chi connectivity index (χ2v) is 16.8. The van der Waals surface area contributed by atoms with E-state index >= 15 is 0 Å². The number of hydrogen-bond donors (Lipinski definition) is 2. The van der Waals surface area contributed by atoms with Crippen molar-refractivity contribution in [1.82, 2.24) is 9.80 Å². The Morgan fingerprint density at radius 3 is 2.22 bits per heavy atom. The van der Waals surface area contributed by atoms with Crippen LogP contribution >= 0.6 is 0 Å². The van der Waals surface area contributed by atoms with Gasteiger partial charge in [0.1, 0.15) is 0 Å². The van der Waals surface area contributed by atoms with Gasteiger partial charge in [0.2, 0.25) is 0 Å². The second kappa shape index (κ2) is 12.0. The third-order valence-electron chi connectivity index (χ3n) is 13.1. The number of Topliss-reactive ketones (excluding diaryl/α,β-unsaturated/α-hetero) is 1. The van der Waals surface area contributed by atoms with Gasteiger partial charge in [-0.1, -0.05) is 69.7 Å². The van der Waals surface area contributed by atoms with E-state index in [1.54, 1.807) is 0 Å². The van der Waals surface area contributed by atoms with Crippen molar-refractivity contribution >= 4 is 28.6 Å². The van der Waals surface area contributed by atoms with Crippen molar-refractivity contribution in [2.24, 2.45) is 33.8 Å². The molecular weight excluding hydrogens is 606 g/mol. The number of carbonyl (C=O) groups is 2. The van der Waals surface area contributed by atoms with Crippen molar-refractivity contribution in [1.29, 1.82) is 0 Å². The Hall–Kier alpha value is -3.68. The van der Waals surface area contributed by atoms with Gasteiger partial charge in [0, 0.05) is 69.3 Å². The maximum absolute atomic E-state index is 14.6. The van der Waals surface area contributed by atoms with E-state index in [0.717, 1.165) is 95.9 Å². The molecule has 1 amide bonds. The van der Waals surface area contributed by atoms with Crippen LogP contribution in [0.3, 0.4) is 0 Å². The van der Waals surface area contributed by atoms with Gasteiger partial charge < -0.3 is 21.3 Å². The van der Waals surface area contributed by atoms with Crippen molar-refractivity contribution in [3.63, 3.8) is 0 Å². The number of rotatable bonds is 6. The zero-order valence-corrected chi connectivity index (χ0v) is 31.5. The van der Waals surface area contributed by atoms with Gasteiger partial charge in [0.25, 0.3) is 5.91 Å². The molecule has 1 aliphatic heterocycles. The van der Waals surface area contributed by atoms with E-state index in [4.69, 9.17) is 18.0 Å². The first-order chi connectivity index (χ1) is 22.9. The van der Waals surface area contributed by atoms with E-state index < -0.39 is 16.7 Å². The third kappa shape index (κ3) is 5.14. The van der Waals surface area contributed by atoms with Crippen molar-refractivity contribution in [3.05, 3.63) is 75.9 Å². The van der Waals surface area contributed by atoms with Gasteiger partial charge in [-0.15, -0.1) is 0 Å². The van der Waals surface area contributed by atoms with Gasteiger partial charge in [0.15, 0.2) is 5.78 Å². The minimum Gasteiger partial charge on any atom is -0.398 e. The van der Waals surface area contributed by atoms with Crippen molar-refractivity contribution in [2.45, 2.75) is 67.9 Å². The minimum atomic E-state index is -0.919. The summed E-state index contributed by atoms with van der Waals surface area (Å²) in [6, 6.07) is 11.1. The number of nitrogens with zero attached hydrogens (tertiary/aromatic N) is 3. The molecule has 4 N–H and O–H groups in total. The predicted octanol–water partition coefficient (Wildman–Crippen LogP) is 6.71. The van der Waals surface area contributed by atoms with Crippen LogP contribution in [0, 0.1) is 28.1 Å². The Kier molecular flexibility index (Phi) is 8.60. The molecule has 7 nitrogen and oxygen atoms in total. The standard InChI is InChI=1S/C42H57N5O2/c1-24(2)35-26(4)34(39(44)49)38(48)42(8)27(5)36-25(3)33-31(21-40(36,6)23-41(35,42)7)32(45(9)10)20-30(37(33)43)29-14-12-28(13-15-29)22-47-18-16-46(11)17-19-47/h12-15,20,24,35H,3,16-19,21-23,43H2,1-2,4-11H3,(H2,44,49)/t35-,40+,41+,42-/m1/s1. The minimum absolute atomic E-state index is 0.0145. The highest BCUT2D eigenvalue weighted by molar-refractivity contribution is 6.23. The highest BCUT2D eigenvalue weighted by atomic mass is 16.2. The van der Waals surface area contributed by atoms with Gasteiger partial charge in [0.05, 0.1) is 11.0 Å². The van der Waals surface area contributed by atoms with Crippen LogP contribution < -0.4 is 16.4 Å². The van der Waals surface area contributed by atoms with Gasteiger partial charge in [-0.3, -0.25) is 14.5 Å². The van der Waals surface area contributed by atoms with Gasteiger partial charge in [-0.2, -0.15) is 0 Å². The van der Waals surface area contributed by atoms with E-state index in [1.807, 2.05) is 6.92 Å². The molecule has 49 heavy (non-hydrogen) atoms. The van der Waals surface area contributed by atoms with E-state index in [2.05, 4.69) is 108 Å². The number of ketones is 1. The number of carbonyl (C=O) groups excluding carboxylic acids is 2. The fraction of sp³-hybridized carbons (Fsp3) is 0.524. The lowest BCUT2D eigenvalue weighted by molar-refractivity contribution is -0.139. The number of allylic oxidation sites excluding steroid dienone is 4. The quantitative estimate of drug-likeness (QED) is 0.264. The van der Waals surface area contributed by atoms with Gasteiger partial charge >= 0.3 is 0 Å². The summed E-state index contributed by atoms with van der Waals surface area (Å²) in [5, 5.41) is 0. The maximum Gasteiger partial charge on any atom is 0.252 e. The Morgan fingerprint density at radius 1 is 1.06 bits per heavy atom. The second-order valence-electron chi connectivity index (χ2n) is 16.8. The number of likely N-dealkylation sites (N-methyl/N-ethyl adjacent to an activating group) is 1. The van der Waals surface area contributed by atoms with Crippen LogP contribution in [0.1, 0.15) is 71.6 Å². The van der Waals surface area contributed by atoms with Crippen molar-refractivity contribution in [3.8, 4) is 11.1 Å². The number of primary amides is 1. The monoisotopic (exact) mass is 663 g/mol. The molecule has 0 radical (unpaired) electrons. The van der Waals surface area contributed by atoms with Crippen LogP contribution in [-0.4, -0.2) is 68.8 Å². The normalized spacial score (nSPS) is 29.2. The summed E-state index contributed by atoms with van der Waals surface area (Å²) < 4.78 is 0.